The summed E-state index contributed by atoms with van der Waals surface area (Å²) in [6.45, 7) is 4.11. The van der Waals surface area contributed by atoms with Crippen LogP contribution in [0.2, 0.25) is 0 Å². The number of rotatable bonds is 10. The molecule has 0 aliphatic carbocycles. The first-order valence-corrected chi connectivity index (χ1v) is 11.6. The van der Waals surface area contributed by atoms with E-state index < -0.39 is 26.0 Å². The molecule has 2 aromatic carbocycles. The molecule has 1 aliphatic heterocycles. The summed E-state index contributed by atoms with van der Waals surface area (Å²) in [5, 5.41) is 4.96. The quantitative estimate of drug-likeness (QED) is 0.264. The van der Waals surface area contributed by atoms with Gasteiger partial charge in [-0.15, -0.1) is 6.58 Å². The first kappa shape index (κ1) is 23.1. The van der Waals surface area contributed by atoms with Gasteiger partial charge < -0.3 is 24.3 Å². The Kier molecular flexibility index (Phi) is 7.15. The molecule has 1 aromatic heterocycles. The lowest BCUT2D eigenvalue weighted by Gasteiger charge is -2.28. The predicted molar refractivity (Wildman–Crippen MR) is 127 cm³/mol. The first-order chi connectivity index (χ1) is 16.0. The van der Waals surface area contributed by atoms with Crippen molar-refractivity contribution < 1.29 is 18.6 Å². The molecule has 172 valence electrons. The van der Waals surface area contributed by atoms with Crippen molar-refractivity contribution in [3.63, 3.8) is 0 Å². The van der Waals surface area contributed by atoms with Crippen molar-refractivity contribution in [2.75, 3.05) is 18.9 Å². The predicted octanol–water partition coefficient (Wildman–Crippen LogP) is 3.32. The van der Waals surface area contributed by atoms with E-state index in [0.29, 0.717) is 18.6 Å². The second-order valence-corrected chi connectivity index (χ2v) is 8.82. The minimum absolute atomic E-state index is 0.0769. The Morgan fingerprint density at radius 1 is 1.30 bits per heavy atom. The molecule has 2 heterocycles. The van der Waals surface area contributed by atoms with E-state index >= 15 is 0 Å². The zero-order valence-electron chi connectivity index (χ0n) is 17.9. The molecule has 9 nitrogen and oxygen atoms in total. The maximum atomic E-state index is 12.2. The highest BCUT2D eigenvalue weighted by atomic mass is 31.2. The Morgan fingerprint density at radius 2 is 2.12 bits per heavy atom. The largest absolute Gasteiger partial charge is 0.435 e. The fourth-order valence-electron chi connectivity index (χ4n) is 3.66. The van der Waals surface area contributed by atoms with Crippen LogP contribution in [0.5, 0.6) is 5.75 Å². The SMILES string of the molecule is C=C[C@@]1(COP(NCC=O)Oc2cccc3ccccc23)CCC(n2ccc(N)nc2=O)O1. The lowest BCUT2D eigenvalue weighted by molar-refractivity contribution is -0.107. The van der Waals surface area contributed by atoms with E-state index in [4.69, 9.17) is 19.5 Å². The number of nitrogens with two attached hydrogens (primary N) is 1. The molecule has 0 bridgehead atoms. The molecule has 10 heteroatoms. The fourth-order valence-corrected chi connectivity index (χ4v) is 4.77. The molecule has 1 saturated heterocycles. The maximum Gasteiger partial charge on any atom is 0.351 e. The van der Waals surface area contributed by atoms with Crippen molar-refractivity contribution >= 4 is 31.4 Å². The number of hydrogen-bond acceptors (Lipinski definition) is 8. The van der Waals surface area contributed by atoms with Gasteiger partial charge in [-0.05, 0) is 30.4 Å². The molecule has 1 fully saturated rings. The average molecular weight is 468 g/mol. The van der Waals surface area contributed by atoms with Gasteiger partial charge in [-0.3, -0.25) is 4.57 Å². The smallest absolute Gasteiger partial charge is 0.351 e. The van der Waals surface area contributed by atoms with Gasteiger partial charge in [0.05, 0.1) is 13.2 Å². The van der Waals surface area contributed by atoms with Gasteiger partial charge in [0, 0.05) is 11.6 Å². The molecule has 2 unspecified atom stereocenters. The maximum absolute atomic E-state index is 12.2. The highest BCUT2D eigenvalue weighted by Gasteiger charge is 2.40. The molecule has 3 aromatic rings. The van der Waals surface area contributed by atoms with Crippen molar-refractivity contribution in [2.45, 2.75) is 24.7 Å². The Bertz CT molecular complexity index is 1200. The van der Waals surface area contributed by atoms with E-state index in [-0.39, 0.29) is 19.0 Å². The monoisotopic (exact) mass is 468 g/mol. The second-order valence-electron chi connectivity index (χ2n) is 7.55. The summed E-state index contributed by atoms with van der Waals surface area (Å²) in [4.78, 5) is 26.9. The van der Waals surface area contributed by atoms with Crippen LogP contribution in [0.3, 0.4) is 0 Å². The normalized spacial score (nSPS) is 21.0. The number of carbonyl (C=O) groups is 1. The summed E-state index contributed by atoms with van der Waals surface area (Å²) in [6.07, 6.45) is 4.64. The summed E-state index contributed by atoms with van der Waals surface area (Å²) in [5.41, 5.74) is 4.28. The third-order valence-electron chi connectivity index (χ3n) is 5.38. The van der Waals surface area contributed by atoms with Crippen LogP contribution in [0.4, 0.5) is 5.82 Å². The standard InChI is InChI=1S/C23H25N4O5P/c1-2-23(12-10-21(31-23)27-14-11-20(24)26-22(27)29)16-30-33(25-13-15-28)32-19-9-5-7-17-6-3-4-8-18(17)19/h2-9,11,14-15,21,25H,1,10,12-13,16H2,(H2,24,26,29)/t21?,23-,33?/m0/s1. The van der Waals surface area contributed by atoms with Gasteiger partial charge in [-0.1, -0.05) is 42.5 Å². The number of aldehydes is 1. The van der Waals surface area contributed by atoms with E-state index in [9.17, 15) is 9.59 Å². The number of anilines is 1. The molecule has 0 radical (unpaired) electrons. The van der Waals surface area contributed by atoms with Crippen molar-refractivity contribution in [1.29, 1.82) is 0 Å². The molecular formula is C23H25N4O5P. The van der Waals surface area contributed by atoms with E-state index in [0.717, 1.165) is 17.1 Å². The number of fused-ring (bicyclic) bond motifs is 1. The van der Waals surface area contributed by atoms with E-state index in [1.807, 2.05) is 42.5 Å². The number of nitrogens with one attached hydrogen (secondary N) is 1. The molecule has 4 rings (SSSR count). The van der Waals surface area contributed by atoms with Gasteiger partial charge >= 0.3 is 14.2 Å². The number of aromatic nitrogens is 2. The topological polar surface area (TPSA) is 118 Å². The van der Waals surface area contributed by atoms with Crippen LogP contribution in [0.1, 0.15) is 19.1 Å². The third-order valence-corrected chi connectivity index (χ3v) is 6.55. The number of carbonyl (C=O) groups excluding carboxylic acids is 1. The van der Waals surface area contributed by atoms with Crippen LogP contribution in [0.15, 0.2) is 72.2 Å². The molecular weight excluding hydrogens is 443 g/mol. The van der Waals surface area contributed by atoms with Crippen LogP contribution in [0.25, 0.3) is 10.8 Å². The highest BCUT2D eigenvalue weighted by Crippen LogP contribution is 2.43. The van der Waals surface area contributed by atoms with E-state index in [2.05, 4.69) is 16.7 Å². The summed E-state index contributed by atoms with van der Waals surface area (Å²) < 4.78 is 19.8. The molecule has 1 aliphatic rings. The molecule has 0 saturated carbocycles. The van der Waals surface area contributed by atoms with Gasteiger partial charge in [0.2, 0.25) is 0 Å². The minimum atomic E-state index is -1.66. The van der Waals surface area contributed by atoms with Crippen molar-refractivity contribution in [3.05, 3.63) is 77.9 Å². The summed E-state index contributed by atoms with van der Waals surface area (Å²) >= 11 is 0. The average Bonchev–Trinajstić information content (AvgIpc) is 3.25. The van der Waals surface area contributed by atoms with Crippen molar-refractivity contribution in [1.82, 2.24) is 14.6 Å². The minimum Gasteiger partial charge on any atom is -0.435 e. The van der Waals surface area contributed by atoms with Gasteiger partial charge in [-0.2, -0.15) is 4.98 Å². The van der Waals surface area contributed by atoms with Gasteiger partial charge in [0.25, 0.3) is 0 Å². The lowest BCUT2D eigenvalue weighted by atomic mass is 10.0. The Balaban J connectivity index is 1.48. The Labute approximate surface area is 192 Å². The number of nitrogens with zero attached hydrogens (tertiary/aromatic N) is 2. The zero-order chi connectivity index (χ0) is 23.3. The van der Waals surface area contributed by atoms with Crippen molar-refractivity contribution in [3.8, 4) is 5.75 Å². The number of benzene rings is 2. The summed E-state index contributed by atoms with van der Waals surface area (Å²) in [6, 6.07) is 15.2. The molecule has 0 amide bonds. The fraction of sp³-hybridized carbons (Fsp3) is 0.261. The van der Waals surface area contributed by atoms with Gasteiger partial charge in [-0.25, -0.2) is 9.88 Å². The van der Waals surface area contributed by atoms with Gasteiger partial charge in [0.1, 0.15) is 29.7 Å². The van der Waals surface area contributed by atoms with E-state index in [1.54, 1.807) is 18.3 Å². The number of nitrogen functional groups attached to an aromatic ring is 1. The lowest BCUT2D eigenvalue weighted by Crippen LogP contribution is -2.34. The van der Waals surface area contributed by atoms with Crippen LogP contribution >= 0.6 is 8.53 Å². The van der Waals surface area contributed by atoms with Crippen LogP contribution < -0.4 is 21.0 Å². The van der Waals surface area contributed by atoms with Crippen LogP contribution in [-0.4, -0.2) is 34.6 Å². The van der Waals surface area contributed by atoms with Crippen molar-refractivity contribution in [2.24, 2.45) is 0 Å². The Hall–Kier alpha value is -3.10. The van der Waals surface area contributed by atoms with Crippen LogP contribution in [-0.2, 0) is 14.1 Å². The Morgan fingerprint density at radius 3 is 2.91 bits per heavy atom. The first-order valence-electron chi connectivity index (χ1n) is 10.5. The van der Waals surface area contributed by atoms with Gasteiger partial charge in [0.15, 0.2) is 0 Å². The number of ether oxygens (including phenoxy) is 1. The number of hydrogen-bond donors (Lipinski definition) is 2. The summed E-state index contributed by atoms with van der Waals surface area (Å²) in [7, 11) is -1.66. The molecule has 0 spiro atoms. The third kappa shape index (κ3) is 5.29. The van der Waals surface area contributed by atoms with Crippen LogP contribution in [0, 0.1) is 0 Å². The second kappa shape index (κ2) is 10.2. The molecule has 3 N–H and O–H groups in total. The van der Waals surface area contributed by atoms with E-state index in [1.165, 1.54) is 4.57 Å². The highest BCUT2D eigenvalue weighted by molar-refractivity contribution is 7.45. The molecule has 3 atom stereocenters. The summed E-state index contributed by atoms with van der Waals surface area (Å²) in [5.74, 6) is 0.806. The molecule has 33 heavy (non-hydrogen) atoms. The zero-order valence-corrected chi connectivity index (χ0v) is 18.8.